The van der Waals surface area contributed by atoms with Crippen molar-refractivity contribution in [2.75, 3.05) is 20.6 Å². The standard InChI is InChI=1S/C13H22N2O2/c1-5-10(2)13(16)14-9-11(15(3)4)12-7-6-8-17-12/h6-8,10-11H,5,9H2,1-4H3,(H,14,16)/t10-,11-/m0/s1. The number of carbonyl (C=O) groups is 1. The minimum atomic E-state index is 0.0643. The van der Waals surface area contributed by atoms with Gasteiger partial charge in [-0.25, -0.2) is 0 Å². The molecule has 1 amide bonds. The first kappa shape index (κ1) is 13.8. The van der Waals surface area contributed by atoms with E-state index in [9.17, 15) is 4.79 Å². The Morgan fingerprint density at radius 3 is 2.71 bits per heavy atom. The van der Waals surface area contributed by atoms with Crippen LogP contribution in [0.25, 0.3) is 0 Å². The summed E-state index contributed by atoms with van der Waals surface area (Å²) in [6.45, 7) is 4.52. The van der Waals surface area contributed by atoms with E-state index in [4.69, 9.17) is 4.42 Å². The van der Waals surface area contributed by atoms with Crippen LogP contribution in [0.15, 0.2) is 22.8 Å². The Morgan fingerprint density at radius 1 is 1.53 bits per heavy atom. The summed E-state index contributed by atoms with van der Waals surface area (Å²) in [5.41, 5.74) is 0. The maximum Gasteiger partial charge on any atom is 0.222 e. The van der Waals surface area contributed by atoms with Gasteiger partial charge in [-0.05, 0) is 32.6 Å². The summed E-state index contributed by atoms with van der Waals surface area (Å²) in [6.07, 6.45) is 2.52. The van der Waals surface area contributed by atoms with Gasteiger partial charge >= 0.3 is 0 Å². The van der Waals surface area contributed by atoms with E-state index in [-0.39, 0.29) is 17.9 Å². The Kier molecular flexibility index (Phi) is 5.22. The molecular weight excluding hydrogens is 216 g/mol. The van der Waals surface area contributed by atoms with Gasteiger partial charge in [0.25, 0.3) is 0 Å². The van der Waals surface area contributed by atoms with E-state index in [0.717, 1.165) is 12.2 Å². The molecule has 2 atom stereocenters. The van der Waals surface area contributed by atoms with Crippen molar-refractivity contribution in [1.29, 1.82) is 0 Å². The Bertz CT molecular complexity index is 333. The zero-order valence-electron chi connectivity index (χ0n) is 11.1. The number of rotatable bonds is 6. The largest absolute Gasteiger partial charge is 0.468 e. The second kappa shape index (κ2) is 6.45. The summed E-state index contributed by atoms with van der Waals surface area (Å²) in [4.78, 5) is 13.7. The van der Waals surface area contributed by atoms with Gasteiger partial charge in [0.2, 0.25) is 5.91 Å². The normalized spacial score (nSPS) is 14.6. The van der Waals surface area contributed by atoms with Gasteiger partial charge in [-0.2, -0.15) is 0 Å². The van der Waals surface area contributed by atoms with Crippen LogP contribution in [-0.4, -0.2) is 31.4 Å². The average Bonchev–Trinajstić information content (AvgIpc) is 2.81. The molecule has 4 heteroatoms. The fourth-order valence-corrected chi connectivity index (χ4v) is 1.58. The van der Waals surface area contributed by atoms with Gasteiger partial charge in [0, 0.05) is 12.5 Å². The maximum absolute atomic E-state index is 11.7. The van der Waals surface area contributed by atoms with Crippen molar-refractivity contribution in [2.24, 2.45) is 5.92 Å². The molecule has 0 spiro atoms. The van der Waals surface area contributed by atoms with E-state index in [0.29, 0.717) is 6.54 Å². The van der Waals surface area contributed by atoms with Gasteiger partial charge in [0.1, 0.15) is 5.76 Å². The van der Waals surface area contributed by atoms with Crippen molar-refractivity contribution >= 4 is 5.91 Å². The number of amides is 1. The molecule has 0 aliphatic carbocycles. The smallest absolute Gasteiger partial charge is 0.222 e. The van der Waals surface area contributed by atoms with Crippen molar-refractivity contribution in [3.63, 3.8) is 0 Å². The molecule has 0 bridgehead atoms. The van der Waals surface area contributed by atoms with E-state index in [1.54, 1.807) is 6.26 Å². The lowest BCUT2D eigenvalue weighted by atomic mass is 10.1. The highest BCUT2D eigenvalue weighted by Gasteiger charge is 2.19. The minimum Gasteiger partial charge on any atom is -0.468 e. The van der Waals surface area contributed by atoms with Gasteiger partial charge in [-0.3, -0.25) is 9.69 Å². The molecular formula is C13H22N2O2. The third kappa shape index (κ3) is 3.89. The van der Waals surface area contributed by atoms with Crippen LogP contribution in [-0.2, 0) is 4.79 Å². The summed E-state index contributed by atoms with van der Waals surface area (Å²) in [5.74, 6) is 1.04. The highest BCUT2D eigenvalue weighted by Crippen LogP contribution is 2.17. The van der Waals surface area contributed by atoms with Gasteiger partial charge in [-0.15, -0.1) is 0 Å². The van der Waals surface area contributed by atoms with Gasteiger partial charge in [0.05, 0.1) is 12.3 Å². The molecule has 96 valence electrons. The van der Waals surface area contributed by atoms with E-state index in [1.807, 2.05) is 45.0 Å². The Balaban J connectivity index is 2.55. The molecule has 1 N–H and O–H groups in total. The summed E-state index contributed by atoms with van der Waals surface area (Å²) in [5, 5.41) is 2.96. The molecule has 0 aromatic carbocycles. The van der Waals surface area contributed by atoms with Crippen LogP contribution >= 0.6 is 0 Å². The molecule has 1 heterocycles. The lowest BCUT2D eigenvalue weighted by molar-refractivity contribution is -0.124. The predicted molar refractivity (Wildman–Crippen MR) is 67.6 cm³/mol. The lowest BCUT2D eigenvalue weighted by Crippen LogP contribution is -2.36. The first-order valence-corrected chi connectivity index (χ1v) is 6.03. The SMILES string of the molecule is CC[C@H](C)C(=O)NC[C@@H](c1ccco1)N(C)C. The summed E-state index contributed by atoms with van der Waals surface area (Å²) < 4.78 is 5.38. The molecule has 0 unspecified atom stereocenters. The number of likely N-dealkylation sites (N-methyl/N-ethyl adjacent to an activating group) is 1. The van der Waals surface area contributed by atoms with Crippen LogP contribution in [0.2, 0.25) is 0 Å². The zero-order chi connectivity index (χ0) is 12.8. The predicted octanol–water partition coefficient (Wildman–Crippen LogP) is 2.04. The third-order valence-corrected chi connectivity index (χ3v) is 3.02. The number of hydrogen-bond acceptors (Lipinski definition) is 3. The first-order valence-electron chi connectivity index (χ1n) is 6.03. The highest BCUT2D eigenvalue weighted by atomic mass is 16.3. The van der Waals surface area contributed by atoms with Gasteiger partial charge < -0.3 is 9.73 Å². The third-order valence-electron chi connectivity index (χ3n) is 3.02. The van der Waals surface area contributed by atoms with Crippen LogP contribution in [0.1, 0.15) is 32.1 Å². The molecule has 0 saturated heterocycles. The zero-order valence-corrected chi connectivity index (χ0v) is 11.1. The molecule has 0 radical (unpaired) electrons. The van der Waals surface area contributed by atoms with Crippen LogP contribution in [0.3, 0.4) is 0 Å². The summed E-state index contributed by atoms with van der Waals surface area (Å²) in [7, 11) is 3.95. The molecule has 4 nitrogen and oxygen atoms in total. The van der Waals surface area contributed by atoms with Crippen LogP contribution in [0.4, 0.5) is 0 Å². The molecule has 0 saturated carbocycles. The van der Waals surface area contributed by atoms with Crippen molar-refractivity contribution in [3.8, 4) is 0 Å². The lowest BCUT2D eigenvalue weighted by Gasteiger charge is -2.23. The topological polar surface area (TPSA) is 45.5 Å². The number of nitrogens with zero attached hydrogens (tertiary/aromatic N) is 1. The van der Waals surface area contributed by atoms with Crippen LogP contribution in [0.5, 0.6) is 0 Å². The average molecular weight is 238 g/mol. The highest BCUT2D eigenvalue weighted by molar-refractivity contribution is 5.78. The van der Waals surface area contributed by atoms with Crippen molar-refractivity contribution in [3.05, 3.63) is 24.2 Å². The molecule has 0 aliphatic rings. The fraction of sp³-hybridized carbons (Fsp3) is 0.615. The number of carbonyl (C=O) groups excluding carboxylic acids is 1. The van der Waals surface area contributed by atoms with Crippen molar-refractivity contribution in [2.45, 2.75) is 26.3 Å². The summed E-state index contributed by atoms with van der Waals surface area (Å²) >= 11 is 0. The number of nitrogens with one attached hydrogen (secondary N) is 1. The van der Waals surface area contributed by atoms with Gasteiger partial charge in [-0.1, -0.05) is 13.8 Å². The van der Waals surface area contributed by atoms with E-state index in [2.05, 4.69) is 5.32 Å². The quantitative estimate of drug-likeness (QED) is 0.825. The van der Waals surface area contributed by atoms with E-state index >= 15 is 0 Å². The monoisotopic (exact) mass is 238 g/mol. The van der Waals surface area contributed by atoms with E-state index in [1.165, 1.54) is 0 Å². The van der Waals surface area contributed by atoms with Crippen LogP contribution < -0.4 is 5.32 Å². The Hall–Kier alpha value is -1.29. The molecule has 0 fully saturated rings. The minimum absolute atomic E-state index is 0.0643. The Labute approximate surface area is 103 Å². The van der Waals surface area contributed by atoms with Gasteiger partial charge in [0.15, 0.2) is 0 Å². The fourth-order valence-electron chi connectivity index (χ4n) is 1.58. The maximum atomic E-state index is 11.7. The second-order valence-corrected chi connectivity index (χ2v) is 4.55. The molecule has 17 heavy (non-hydrogen) atoms. The van der Waals surface area contributed by atoms with E-state index < -0.39 is 0 Å². The molecule has 1 aromatic rings. The molecule has 0 aliphatic heterocycles. The van der Waals surface area contributed by atoms with Crippen LogP contribution in [0, 0.1) is 5.92 Å². The van der Waals surface area contributed by atoms with Crippen molar-refractivity contribution < 1.29 is 9.21 Å². The summed E-state index contributed by atoms with van der Waals surface area (Å²) in [6, 6.07) is 3.88. The number of hydrogen-bond donors (Lipinski definition) is 1. The van der Waals surface area contributed by atoms with Crippen molar-refractivity contribution in [1.82, 2.24) is 10.2 Å². The second-order valence-electron chi connectivity index (χ2n) is 4.55. The first-order chi connectivity index (χ1) is 8.06. The molecule has 1 aromatic heterocycles. The number of furan rings is 1. The Morgan fingerprint density at radius 2 is 2.24 bits per heavy atom. The molecule has 1 rings (SSSR count).